The number of nitrogens with zero attached hydrogens (tertiary/aromatic N) is 2. The van der Waals surface area contributed by atoms with Crippen molar-refractivity contribution in [3.8, 4) is 11.5 Å². The lowest BCUT2D eigenvalue weighted by molar-refractivity contribution is 0.386. The number of rotatable bonds is 6. The first-order valence-corrected chi connectivity index (χ1v) is 7.11. The number of ether oxygens (including phenoxy) is 2. The van der Waals surface area contributed by atoms with E-state index in [-0.39, 0.29) is 17.2 Å². The lowest BCUT2D eigenvalue weighted by Gasteiger charge is -2.11. The van der Waals surface area contributed by atoms with Crippen LogP contribution < -0.4 is 14.2 Å². The summed E-state index contributed by atoms with van der Waals surface area (Å²) < 4.78 is 36.9. The Morgan fingerprint density at radius 2 is 2.10 bits per heavy atom. The number of hydrogen-bond acceptors (Lipinski definition) is 6. The third-order valence-electron chi connectivity index (χ3n) is 2.55. The van der Waals surface area contributed by atoms with Crippen molar-refractivity contribution in [3.05, 3.63) is 30.4 Å². The molecule has 20 heavy (non-hydrogen) atoms. The summed E-state index contributed by atoms with van der Waals surface area (Å²) in [5, 5.41) is 6.21. The van der Waals surface area contributed by atoms with Gasteiger partial charge in [-0.3, -0.25) is 5.10 Å². The van der Waals surface area contributed by atoms with E-state index < -0.39 is 10.0 Å². The Kier molecular flexibility index (Phi) is 4.20. The molecule has 0 aliphatic rings. The SMILES string of the molecule is COc1ccc(S(=O)(=O)NCc2ncn[nH]2)c(OC)c1. The van der Waals surface area contributed by atoms with Crippen LogP contribution in [0.15, 0.2) is 29.4 Å². The lowest BCUT2D eigenvalue weighted by atomic mass is 10.3. The van der Waals surface area contributed by atoms with Gasteiger partial charge in [0.05, 0.1) is 20.8 Å². The van der Waals surface area contributed by atoms with Crippen LogP contribution in [0.2, 0.25) is 0 Å². The summed E-state index contributed by atoms with van der Waals surface area (Å²) in [6.07, 6.45) is 1.30. The Balaban J connectivity index is 2.24. The summed E-state index contributed by atoms with van der Waals surface area (Å²) in [7, 11) is -0.838. The van der Waals surface area contributed by atoms with Crippen LogP contribution in [0.1, 0.15) is 5.82 Å². The van der Waals surface area contributed by atoms with E-state index in [1.54, 1.807) is 6.07 Å². The molecule has 8 nitrogen and oxygen atoms in total. The van der Waals surface area contributed by atoms with Crippen molar-refractivity contribution in [1.82, 2.24) is 19.9 Å². The summed E-state index contributed by atoms with van der Waals surface area (Å²) in [4.78, 5) is 3.87. The molecule has 0 radical (unpaired) electrons. The molecular weight excluding hydrogens is 284 g/mol. The number of sulfonamides is 1. The van der Waals surface area contributed by atoms with E-state index in [1.165, 1.54) is 32.7 Å². The zero-order valence-electron chi connectivity index (χ0n) is 11.0. The van der Waals surface area contributed by atoms with Gasteiger partial charge in [-0.25, -0.2) is 18.1 Å². The molecule has 108 valence electrons. The van der Waals surface area contributed by atoms with Gasteiger partial charge in [-0.1, -0.05) is 0 Å². The first-order valence-electron chi connectivity index (χ1n) is 5.63. The van der Waals surface area contributed by atoms with Crippen molar-refractivity contribution in [1.29, 1.82) is 0 Å². The Morgan fingerprint density at radius 3 is 2.70 bits per heavy atom. The van der Waals surface area contributed by atoms with Crippen LogP contribution >= 0.6 is 0 Å². The van der Waals surface area contributed by atoms with Crippen LogP contribution in [0, 0.1) is 0 Å². The summed E-state index contributed by atoms with van der Waals surface area (Å²) >= 11 is 0. The largest absolute Gasteiger partial charge is 0.497 e. The second kappa shape index (κ2) is 5.88. The van der Waals surface area contributed by atoms with E-state index in [0.717, 1.165) is 0 Å². The van der Waals surface area contributed by atoms with Crippen LogP contribution in [0.25, 0.3) is 0 Å². The van der Waals surface area contributed by atoms with Crippen molar-refractivity contribution in [2.24, 2.45) is 0 Å². The normalized spacial score (nSPS) is 11.3. The molecule has 0 amide bonds. The quantitative estimate of drug-likeness (QED) is 0.794. The maximum atomic E-state index is 12.2. The van der Waals surface area contributed by atoms with Gasteiger partial charge in [0.2, 0.25) is 10.0 Å². The highest BCUT2D eigenvalue weighted by Crippen LogP contribution is 2.28. The molecule has 0 saturated carbocycles. The molecule has 1 aromatic carbocycles. The minimum absolute atomic E-state index is 0.0114. The fraction of sp³-hybridized carbons (Fsp3) is 0.273. The number of benzene rings is 1. The molecule has 2 aromatic rings. The van der Waals surface area contributed by atoms with Gasteiger partial charge < -0.3 is 9.47 Å². The second-order valence-electron chi connectivity index (χ2n) is 3.77. The van der Waals surface area contributed by atoms with E-state index in [9.17, 15) is 8.42 Å². The monoisotopic (exact) mass is 298 g/mol. The lowest BCUT2D eigenvalue weighted by Crippen LogP contribution is -2.24. The molecule has 0 fully saturated rings. The van der Waals surface area contributed by atoms with E-state index in [2.05, 4.69) is 19.9 Å². The Bertz CT molecular complexity index is 670. The van der Waals surface area contributed by atoms with E-state index in [1.807, 2.05) is 0 Å². The van der Waals surface area contributed by atoms with Gasteiger partial charge in [0.25, 0.3) is 0 Å². The molecule has 1 heterocycles. The zero-order valence-corrected chi connectivity index (χ0v) is 11.8. The van der Waals surface area contributed by atoms with Gasteiger partial charge in [-0.05, 0) is 12.1 Å². The van der Waals surface area contributed by atoms with Crippen LogP contribution in [0.4, 0.5) is 0 Å². The topological polar surface area (TPSA) is 106 Å². The second-order valence-corrected chi connectivity index (χ2v) is 5.51. The number of nitrogens with one attached hydrogen (secondary N) is 2. The summed E-state index contributed by atoms with van der Waals surface area (Å²) in [5.41, 5.74) is 0. The van der Waals surface area contributed by atoms with Crippen molar-refractivity contribution in [2.75, 3.05) is 14.2 Å². The fourth-order valence-corrected chi connectivity index (χ4v) is 2.69. The third-order valence-corrected chi connectivity index (χ3v) is 4.00. The van der Waals surface area contributed by atoms with E-state index in [4.69, 9.17) is 9.47 Å². The number of methoxy groups -OCH3 is 2. The summed E-state index contributed by atoms with van der Waals surface area (Å²) in [6, 6.07) is 4.47. The molecule has 0 aliphatic carbocycles. The predicted molar refractivity (Wildman–Crippen MR) is 70.0 cm³/mol. The van der Waals surface area contributed by atoms with Crippen LogP contribution in [-0.4, -0.2) is 37.8 Å². The molecule has 0 aliphatic heterocycles. The number of aromatic amines is 1. The summed E-state index contributed by atoms with van der Waals surface area (Å²) in [5.74, 6) is 1.13. The minimum Gasteiger partial charge on any atom is -0.497 e. The average Bonchev–Trinajstić information content (AvgIpc) is 2.97. The van der Waals surface area contributed by atoms with Gasteiger partial charge in [0, 0.05) is 6.07 Å². The smallest absolute Gasteiger partial charge is 0.244 e. The van der Waals surface area contributed by atoms with Crippen LogP contribution in [-0.2, 0) is 16.6 Å². The molecule has 2 N–H and O–H groups in total. The first-order chi connectivity index (χ1) is 9.56. The number of aromatic nitrogens is 3. The Hall–Kier alpha value is -2.13. The third kappa shape index (κ3) is 3.06. The fourth-order valence-electron chi connectivity index (χ4n) is 1.55. The standard InChI is InChI=1S/C11H14N4O4S/c1-18-8-3-4-10(9(5-8)19-2)20(16,17)14-6-11-12-7-13-15-11/h3-5,7,14H,6H2,1-2H3,(H,12,13,15). The zero-order chi connectivity index (χ0) is 14.6. The average molecular weight is 298 g/mol. The van der Waals surface area contributed by atoms with Gasteiger partial charge in [0.15, 0.2) is 0 Å². The van der Waals surface area contributed by atoms with Gasteiger partial charge in [0.1, 0.15) is 28.5 Å². The number of H-pyrrole nitrogens is 1. The first kappa shape index (κ1) is 14.3. The van der Waals surface area contributed by atoms with Crippen molar-refractivity contribution in [2.45, 2.75) is 11.4 Å². The van der Waals surface area contributed by atoms with Crippen molar-refractivity contribution >= 4 is 10.0 Å². The summed E-state index contributed by atoms with van der Waals surface area (Å²) in [6.45, 7) is 0.0114. The number of hydrogen-bond donors (Lipinski definition) is 2. The van der Waals surface area contributed by atoms with E-state index >= 15 is 0 Å². The van der Waals surface area contributed by atoms with Crippen molar-refractivity contribution in [3.63, 3.8) is 0 Å². The highest BCUT2D eigenvalue weighted by Gasteiger charge is 2.20. The maximum Gasteiger partial charge on any atom is 0.244 e. The molecule has 2 rings (SSSR count). The predicted octanol–water partition coefficient (Wildman–Crippen LogP) is 0.300. The molecule has 0 bridgehead atoms. The molecule has 0 atom stereocenters. The molecule has 0 saturated heterocycles. The Labute approximate surface area is 116 Å². The minimum atomic E-state index is -3.72. The van der Waals surface area contributed by atoms with Gasteiger partial charge in [-0.15, -0.1) is 0 Å². The molecule has 1 aromatic heterocycles. The molecule has 0 spiro atoms. The molecular formula is C11H14N4O4S. The van der Waals surface area contributed by atoms with Gasteiger partial charge >= 0.3 is 0 Å². The van der Waals surface area contributed by atoms with E-state index in [0.29, 0.717) is 11.6 Å². The highest BCUT2D eigenvalue weighted by atomic mass is 32.2. The van der Waals surface area contributed by atoms with Crippen LogP contribution in [0.3, 0.4) is 0 Å². The van der Waals surface area contributed by atoms with Gasteiger partial charge in [-0.2, -0.15) is 5.10 Å². The molecule has 0 unspecified atom stereocenters. The highest BCUT2D eigenvalue weighted by molar-refractivity contribution is 7.89. The van der Waals surface area contributed by atoms with Crippen LogP contribution in [0.5, 0.6) is 11.5 Å². The van der Waals surface area contributed by atoms with Crippen molar-refractivity contribution < 1.29 is 17.9 Å². The molecule has 9 heteroatoms. The Morgan fingerprint density at radius 1 is 1.30 bits per heavy atom. The maximum absolute atomic E-state index is 12.2.